The third-order valence-corrected chi connectivity index (χ3v) is 2.18. The zero-order valence-electron chi connectivity index (χ0n) is 9.41. The minimum atomic E-state index is -2.50. The molecule has 0 aliphatic carbocycles. The fourth-order valence-corrected chi connectivity index (χ4v) is 1.41. The standard InChI is InChI=1S/C11H16F2N2O/c1-3-6-14-10(11(12)13)9-8(16-2)5-4-7-15-9/h4-5,7,10-11,14H,3,6H2,1-2H3. The van der Waals surface area contributed by atoms with Crippen LogP contribution in [0, 0.1) is 0 Å². The molecule has 3 nitrogen and oxygen atoms in total. The number of alkyl halides is 2. The number of halogens is 2. The van der Waals surface area contributed by atoms with E-state index in [9.17, 15) is 8.78 Å². The highest BCUT2D eigenvalue weighted by Gasteiger charge is 2.25. The molecule has 0 amide bonds. The van der Waals surface area contributed by atoms with Crippen molar-refractivity contribution in [1.29, 1.82) is 0 Å². The van der Waals surface area contributed by atoms with Crippen molar-refractivity contribution in [3.63, 3.8) is 0 Å². The van der Waals surface area contributed by atoms with Gasteiger partial charge in [0.05, 0.1) is 7.11 Å². The molecule has 1 heterocycles. The third-order valence-electron chi connectivity index (χ3n) is 2.18. The lowest BCUT2D eigenvalue weighted by atomic mass is 10.1. The number of methoxy groups -OCH3 is 1. The molecular weight excluding hydrogens is 214 g/mol. The van der Waals surface area contributed by atoms with Crippen LogP contribution in [0.25, 0.3) is 0 Å². The molecule has 0 bridgehead atoms. The van der Waals surface area contributed by atoms with Gasteiger partial charge in [0, 0.05) is 6.20 Å². The molecule has 16 heavy (non-hydrogen) atoms. The Morgan fingerprint density at radius 1 is 1.50 bits per heavy atom. The molecule has 0 aliphatic heterocycles. The van der Waals surface area contributed by atoms with E-state index in [1.807, 2.05) is 6.92 Å². The molecule has 0 aliphatic rings. The van der Waals surface area contributed by atoms with E-state index in [-0.39, 0.29) is 5.69 Å². The van der Waals surface area contributed by atoms with E-state index in [0.29, 0.717) is 12.3 Å². The van der Waals surface area contributed by atoms with Crippen molar-refractivity contribution in [2.24, 2.45) is 0 Å². The lowest BCUT2D eigenvalue weighted by Gasteiger charge is -2.18. The van der Waals surface area contributed by atoms with E-state index >= 15 is 0 Å². The van der Waals surface area contributed by atoms with Crippen molar-refractivity contribution >= 4 is 0 Å². The van der Waals surface area contributed by atoms with Crippen LogP contribution in [0.4, 0.5) is 8.78 Å². The van der Waals surface area contributed by atoms with Gasteiger partial charge in [0.2, 0.25) is 0 Å². The van der Waals surface area contributed by atoms with Crippen molar-refractivity contribution in [1.82, 2.24) is 10.3 Å². The summed E-state index contributed by atoms with van der Waals surface area (Å²) in [5.41, 5.74) is 0.258. The highest BCUT2D eigenvalue weighted by molar-refractivity contribution is 5.29. The molecule has 0 aromatic carbocycles. The lowest BCUT2D eigenvalue weighted by Crippen LogP contribution is -2.29. The SMILES string of the molecule is CCCNC(c1ncccc1OC)C(F)F. The number of rotatable bonds is 6. The van der Waals surface area contributed by atoms with Crippen LogP contribution in [0.15, 0.2) is 18.3 Å². The molecule has 0 fully saturated rings. The topological polar surface area (TPSA) is 34.2 Å². The van der Waals surface area contributed by atoms with Crippen LogP contribution >= 0.6 is 0 Å². The van der Waals surface area contributed by atoms with Gasteiger partial charge in [-0.2, -0.15) is 0 Å². The van der Waals surface area contributed by atoms with E-state index in [1.54, 1.807) is 12.1 Å². The fourth-order valence-electron chi connectivity index (χ4n) is 1.41. The minimum absolute atomic E-state index is 0.258. The van der Waals surface area contributed by atoms with Gasteiger partial charge in [0.15, 0.2) is 0 Å². The summed E-state index contributed by atoms with van der Waals surface area (Å²) in [6.45, 7) is 2.44. The molecule has 1 aromatic heterocycles. The van der Waals surface area contributed by atoms with Crippen molar-refractivity contribution in [2.45, 2.75) is 25.8 Å². The quantitative estimate of drug-likeness (QED) is 0.814. The Labute approximate surface area is 93.8 Å². The van der Waals surface area contributed by atoms with Gasteiger partial charge >= 0.3 is 0 Å². The summed E-state index contributed by atoms with van der Waals surface area (Å²) in [5, 5.41) is 2.77. The van der Waals surface area contributed by atoms with Gasteiger partial charge in [0.1, 0.15) is 17.5 Å². The number of hydrogen-bond acceptors (Lipinski definition) is 3. The molecule has 1 atom stereocenters. The second kappa shape index (κ2) is 6.37. The van der Waals surface area contributed by atoms with Gasteiger partial charge < -0.3 is 10.1 Å². The zero-order chi connectivity index (χ0) is 12.0. The van der Waals surface area contributed by atoms with Crippen molar-refractivity contribution in [2.75, 3.05) is 13.7 Å². The van der Waals surface area contributed by atoms with E-state index in [2.05, 4.69) is 10.3 Å². The van der Waals surface area contributed by atoms with Crippen molar-refractivity contribution < 1.29 is 13.5 Å². The third kappa shape index (κ3) is 3.13. The Morgan fingerprint density at radius 2 is 2.25 bits per heavy atom. The van der Waals surface area contributed by atoms with Crippen LogP contribution in [0.5, 0.6) is 5.75 Å². The number of pyridine rings is 1. The summed E-state index contributed by atoms with van der Waals surface area (Å²) in [4.78, 5) is 3.96. The van der Waals surface area contributed by atoms with Gasteiger partial charge in [-0.25, -0.2) is 8.78 Å². The maximum atomic E-state index is 12.9. The number of ether oxygens (including phenoxy) is 1. The minimum Gasteiger partial charge on any atom is -0.495 e. The maximum absolute atomic E-state index is 12.9. The Kier molecular flexibility index (Phi) is 5.11. The van der Waals surface area contributed by atoms with E-state index in [4.69, 9.17) is 4.74 Å². The highest BCUT2D eigenvalue weighted by Crippen LogP contribution is 2.26. The maximum Gasteiger partial charge on any atom is 0.259 e. The number of hydrogen-bond donors (Lipinski definition) is 1. The first-order valence-electron chi connectivity index (χ1n) is 5.21. The highest BCUT2D eigenvalue weighted by atomic mass is 19.3. The zero-order valence-corrected chi connectivity index (χ0v) is 9.41. The molecule has 1 unspecified atom stereocenters. The molecule has 90 valence electrons. The molecule has 0 saturated carbocycles. The second-order valence-electron chi connectivity index (χ2n) is 3.36. The average Bonchev–Trinajstić information content (AvgIpc) is 2.29. The van der Waals surface area contributed by atoms with Gasteiger partial charge in [-0.1, -0.05) is 6.92 Å². The van der Waals surface area contributed by atoms with Gasteiger partial charge in [-0.15, -0.1) is 0 Å². The first kappa shape index (κ1) is 12.8. The molecular formula is C11H16F2N2O. The number of nitrogens with zero attached hydrogens (tertiary/aromatic N) is 1. The Bertz CT molecular complexity index is 321. The summed E-state index contributed by atoms with van der Waals surface area (Å²) in [6.07, 6.45) is -0.227. The fraction of sp³-hybridized carbons (Fsp3) is 0.545. The largest absolute Gasteiger partial charge is 0.495 e. The molecule has 1 N–H and O–H groups in total. The summed E-state index contributed by atoms with van der Waals surface area (Å²) >= 11 is 0. The van der Waals surface area contributed by atoms with Crippen LogP contribution in [0.2, 0.25) is 0 Å². The Hall–Kier alpha value is -1.23. The average molecular weight is 230 g/mol. The van der Waals surface area contributed by atoms with Crippen LogP contribution in [-0.2, 0) is 0 Å². The van der Waals surface area contributed by atoms with Crippen LogP contribution < -0.4 is 10.1 Å². The van der Waals surface area contributed by atoms with E-state index < -0.39 is 12.5 Å². The summed E-state index contributed by atoms with van der Waals surface area (Å²) in [5.74, 6) is 0.386. The lowest BCUT2D eigenvalue weighted by molar-refractivity contribution is 0.0951. The molecule has 0 saturated heterocycles. The first-order chi connectivity index (χ1) is 7.70. The van der Waals surface area contributed by atoms with Gasteiger partial charge in [-0.05, 0) is 25.1 Å². The number of nitrogens with one attached hydrogen (secondary N) is 1. The van der Waals surface area contributed by atoms with Crippen LogP contribution in [0.3, 0.4) is 0 Å². The molecule has 0 spiro atoms. The smallest absolute Gasteiger partial charge is 0.259 e. The van der Waals surface area contributed by atoms with Crippen LogP contribution in [-0.4, -0.2) is 25.1 Å². The molecule has 1 aromatic rings. The monoisotopic (exact) mass is 230 g/mol. The van der Waals surface area contributed by atoms with Crippen LogP contribution in [0.1, 0.15) is 25.1 Å². The molecule has 1 rings (SSSR count). The van der Waals surface area contributed by atoms with E-state index in [1.165, 1.54) is 13.3 Å². The van der Waals surface area contributed by atoms with E-state index in [0.717, 1.165) is 6.42 Å². The van der Waals surface area contributed by atoms with Gasteiger partial charge in [0.25, 0.3) is 6.43 Å². The second-order valence-corrected chi connectivity index (χ2v) is 3.36. The van der Waals surface area contributed by atoms with Crippen molar-refractivity contribution in [3.8, 4) is 5.75 Å². The van der Waals surface area contributed by atoms with Crippen molar-refractivity contribution in [3.05, 3.63) is 24.0 Å². The number of aromatic nitrogens is 1. The predicted molar refractivity (Wildman–Crippen MR) is 57.8 cm³/mol. The normalized spacial score (nSPS) is 12.8. The predicted octanol–water partition coefficient (Wildman–Crippen LogP) is 2.40. The molecule has 5 heteroatoms. The summed E-state index contributed by atoms with van der Waals surface area (Å²) in [6, 6.07) is 2.21. The van der Waals surface area contributed by atoms with Gasteiger partial charge in [-0.3, -0.25) is 4.98 Å². The summed E-state index contributed by atoms with van der Waals surface area (Å²) in [7, 11) is 1.45. The first-order valence-corrected chi connectivity index (χ1v) is 5.21. The Morgan fingerprint density at radius 3 is 2.81 bits per heavy atom. The Balaban J connectivity index is 2.91. The molecule has 0 radical (unpaired) electrons. The summed E-state index contributed by atoms with van der Waals surface area (Å²) < 4.78 is 30.8.